The van der Waals surface area contributed by atoms with Gasteiger partial charge < -0.3 is 10.2 Å². The predicted octanol–water partition coefficient (Wildman–Crippen LogP) is 2.48. The lowest BCUT2D eigenvalue weighted by atomic mass is 10.2. The summed E-state index contributed by atoms with van der Waals surface area (Å²) in [6.45, 7) is 3.54. The van der Waals surface area contributed by atoms with Crippen LogP contribution in [0.2, 0.25) is 0 Å². The third-order valence-corrected chi connectivity index (χ3v) is 2.65. The average Bonchev–Trinajstić information content (AvgIpc) is 2.30. The highest BCUT2D eigenvalue weighted by molar-refractivity contribution is 5.58. The van der Waals surface area contributed by atoms with Crippen molar-refractivity contribution in [1.29, 1.82) is 0 Å². The Morgan fingerprint density at radius 1 is 1.33 bits per heavy atom. The van der Waals surface area contributed by atoms with Crippen LogP contribution in [0.5, 0.6) is 0 Å². The summed E-state index contributed by atoms with van der Waals surface area (Å²) < 4.78 is 24.9. The largest absolute Gasteiger partial charge is 0.373 e. The summed E-state index contributed by atoms with van der Waals surface area (Å²) >= 11 is 0. The van der Waals surface area contributed by atoms with Crippen molar-refractivity contribution in [2.24, 2.45) is 0 Å². The molecule has 0 fully saturated rings. The number of nitrogens with zero attached hydrogens (tertiary/aromatic N) is 3. The van der Waals surface area contributed by atoms with Crippen molar-refractivity contribution in [3.8, 4) is 0 Å². The molecule has 0 amide bonds. The summed E-state index contributed by atoms with van der Waals surface area (Å²) in [4.78, 5) is 10.2. The molecule has 0 aliphatic rings. The molecule has 1 N–H and O–H groups in total. The standard InChI is InChI=1S/C12H20F2N4/c1-5-6-10-16-11(15-3)8(2)12(17-10)18(4)7-9(13)14/h9H,5-7H2,1-4H3,(H,15,16,17). The molecule has 6 heteroatoms. The first kappa shape index (κ1) is 14.6. The highest BCUT2D eigenvalue weighted by atomic mass is 19.3. The topological polar surface area (TPSA) is 41.1 Å². The van der Waals surface area contributed by atoms with Gasteiger partial charge in [-0.05, 0) is 13.3 Å². The number of hydrogen-bond acceptors (Lipinski definition) is 4. The molecule has 1 aromatic rings. The highest BCUT2D eigenvalue weighted by Gasteiger charge is 2.16. The molecule has 1 heterocycles. The van der Waals surface area contributed by atoms with Crippen LogP contribution < -0.4 is 10.2 Å². The van der Waals surface area contributed by atoms with Crippen LogP contribution in [0.4, 0.5) is 20.4 Å². The van der Waals surface area contributed by atoms with E-state index in [4.69, 9.17) is 0 Å². The quantitative estimate of drug-likeness (QED) is 0.851. The van der Waals surface area contributed by atoms with Crippen LogP contribution in [0.25, 0.3) is 0 Å². The Labute approximate surface area is 106 Å². The molecule has 1 aromatic heterocycles. The lowest BCUT2D eigenvalue weighted by Gasteiger charge is -2.21. The van der Waals surface area contributed by atoms with Crippen LogP contribution in [0.1, 0.15) is 24.7 Å². The first-order valence-electron chi connectivity index (χ1n) is 6.04. The maximum absolute atomic E-state index is 12.4. The first-order chi connectivity index (χ1) is 8.49. The van der Waals surface area contributed by atoms with E-state index in [9.17, 15) is 8.78 Å². The van der Waals surface area contributed by atoms with Crippen LogP contribution in [0.15, 0.2) is 0 Å². The van der Waals surface area contributed by atoms with Gasteiger partial charge in [0.2, 0.25) is 0 Å². The fourth-order valence-corrected chi connectivity index (χ4v) is 1.79. The monoisotopic (exact) mass is 258 g/mol. The third-order valence-electron chi connectivity index (χ3n) is 2.65. The molecular formula is C12H20F2N4. The van der Waals surface area contributed by atoms with E-state index in [0.29, 0.717) is 17.5 Å². The molecule has 0 spiro atoms. The Kier molecular flexibility index (Phi) is 5.25. The number of hydrogen-bond donors (Lipinski definition) is 1. The summed E-state index contributed by atoms with van der Waals surface area (Å²) in [5.74, 6) is 1.95. The maximum Gasteiger partial charge on any atom is 0.255 e. The van der Waals surface area contributed by atoms with Crippen molar-refractivity contribution in [3.63, 3.8) is 0 Å². The number of aromatic nitrogens is 2. The van der Waals surface area contributed by atoms with Crippen molar-refractivity contribution in [2.45, 2.75) is 33.1 Å². The minimum Gasteiger partial charge on any atom is -0.373 e. The molecule has 4 nitrogen and oxygen atoms in total. The second-order valence-corrected chi connectivity index (χ2v) is 4.21. The van der Waals surface area contributed by atoms with E-state index in [-0.39, 0.29) is 6.54 Å². The van der Waals surface area contributed by atoms with Crippen LogP contribution in [-0.4, -0.2) is 37.0 Å². The van der Waals surface area contributed by atoms with Gasteiger partial charge in [0.1, 0.15) is 17.5 Å². The molecule has 0 saturated heterocycles. The summed E-state index contributed by atoms with van der Waals surface area (Å²) in [5.41, 5.74) is 0.792. The summed E-state index contributed by atoms with van der Waals surface area (Å²) in [6, 6.07) is 0. The molecule has 1 rings (SSSR count). The van der Waals surface area contributed by atoms with E-state index in [1.807, 2.05) is 13.8 Å². The van der Waals surface area contributed by atoms with Crippen LogP contribution >= 0.6 is 0 Å². The van der Waals surface area contributed by atoms with E-state index in [0.717, 1.165) is 18.4 Å². The minimum atomic E-state index is -2.38. The van der Waals surface area contributed by atoms with Crippen molar-refractivity contribution >= 4 is 11.6 Å². The Morgan fingerprint density at radius 3 is 2.50 bits per heavy atom. The van der Waals surface area contributed by atoms with Gasteiger partial charge in [-0.2, -0.15) is 0 Å². The Morgan fingerprint density at radius 2 is 2.00 bits per heavy atom. The molecule has 0 aromatic carbocycles. The Hall–Kier alpha value is -1.46. The third kappa shape index (κ3) is 3.51. The highest BCUT2D eigenvalue weighted by Crippen LogP contribution is 2.23. The SMILES string of the molecule is CCCc1nc(NC)c(C)c(N(C)CC(F)F)n1. The number of rotatable bonds is 6. The van der Waals surface area contributed by atoms with Gasteiger partial charge in [-0.3, -0.25) is 0 Å². The summed E-state index contributed by atoms with van der Waals surface area (Å²) in [6.07, 6.45) is -0.716. The number of nitrogens with one attached hydrogen (secondary N) is 1. The fourth-order valence-electron chi connectivity index (χ4n) is 1.79. The van der Waals surface area contributed by atoms with E-state index in [2.05, 4.69) is 15.3 Å². The molecule has 0 bridgehead atoms. The van der Waals surface area contributed by atoms with Crippen molar-refractivity contribution < 1.29 is 8.78 Å². The van der Waals surface area contributed by atoms with Crippen LogP contribution in [0, 0.1) is 6.92 Å². The van der Waals surface area contributed by atoms with Crippen LogP contribution in [0.3, 0.4) is 0 Å². The molecule has 0 unspecified atom stereocenters. The molecule has 18 heavy (non-hydrogen) atoms. The molecule has 0 saturated carbocycles. The molecule has 102 valence electrons. The minimum absolute atomic E-state index is 0.327. The van der Waals surface area contributed by atoms with E-state index in [1.54, 1.807) is 14.1 Å². The number of halogens is 2. The number of anilines is 2. The molecular weight excluding hydrogens is 238 g/mol. The Bertz CT molecular complexity index is 396. The van der Waals surface area contributed by atoms with E-state index < -0.39 is 6.43 Å². The average molecular weight is 258 g/mol. The molecule has 0 aliphatic heterocycles. The fraction of sp³-hybridized carbons (Fsp3) is 0.667. The van der Waals surface area contributed by atoms with Gasteiger partial charge in [0.15, 0.2) is 0 Å². The molecule has 0 aliphatic carbocycles. The first-order valence-corrected chi connectivity index (χ1v) is 6.04. The van der Waals surface area contributed by atoms with Gasteiger partial charge in [0, 0.05) is 26.1 Å². The van der Waals surface area contributed by atoms with Crippen molar-refractivity contribution in [1.82, 2.24) is 9.97 Å². The predicted molar refractivity (Wildman–Crippen MR) is 69.6 cm³/mol. The molecule has 0 radical (unpaired) electrons. The van der Waals surface area contributed by atoms with Gasteiger partial charge in [-0.25, -0.2) is 18.7 Å². The normalized spacial score (nSPS) is 10.8. The smallest absolute Gasteiger partial charge is 0.255 e. The van der Waals surface area contributed by atoms with Gasteiger partial charge in [-0.15, -0.1) is 0 Å². The number of aryl methyl sites for hydroxylation is 1. The zero-order valence-corrected chi connectivity index (χ0v) is 11.3. The lowest BCUT2D eigenvalue weighted by molar-refractivity contribution is 0.156. The van der Waals surface area contributed by atoms with Gasteiger partial charge in [0.25, 0.3) is 6.43 Å². The second kappa shape index (κ2) is 6.47. The Balaban J connectivity index is 3.11. The summed E-state index contributed by atoms with van der Waals surface area (Å²) in [7, 11) is 3.39. The number of alkyl halides is 2. The van der Waals surface area contributed by atoms with E-state index in [1.165, 1.54) is 4.90 Å². The summed E-state index contributed by atoms with van der Waals surface area (Å²) in [5, 5.41) is 2.98. The zero-order valence-electron chi connectivity index (χ0n) is 11.3. The van der Waals surface area contributed by atoms with Crippen LogP contribution in [-0.2, 0) is 6.42 Å². The zero-order chi connectivity index (χ0) is 13.7. The van der Waals surface area contributed by atoms with E-state index >= 15 is 0 Å². The van der Waals surface area contributed by atoms with Crippen molar-refractivity contribution in [2.75, 3.05) is 30.9 Å². The van der Waals surface area contributed by atoms with Gasteiger partial charge in [0.05, 0.1) is 6.54 Å². The lowest BCUT2D eigenvalue weighted by Crippen LogP contribution is -2.26. The second-order valence-electron chi connectivity index (χ2n) is 4.21. The van der Waals surface area contributed by atoms with Gasteiger partial charge >= 0.3 is 0 Å². The van der Waals surface area contributed by atoms with Gasteiger partial charge in [-0.1, -0.05) is 6.92 Å². The molecule has 0 atom stereocenters. The maximum atomic E-state index is 12.4. The van der Waals surface area contributed by atoms with Crippen molar-refractivity contribution in [3.05, 3.63) is 11.4 Å².